The Kier molecular flexibility index (Phi) is 11.2. The first-order valence-electron chi connectivity index (χ1n) is 13.6. The lowest BCUT2D eigenvalue weighted by molar-refractivity contribution is 0.0912. The molecule has 218 valence electrons. The normalized spacial score (nSPS) is 12.2. The van der Waals surface area contributed by atoms with Crippen LogP contribution in [0.1, 0.15) is 61.2 Å². The van der Waals surface area contributed by atoms with Crippen LogP contribution in [0.25, 0.3) is 21.9 Å². The van der Waals surface area contributed by atoms with Crippen molar-refractivity contribution in [2.75, 3.05) is 40.6 Å². The molecule has 1 unspecified atom stereocenters. The molecule has 0 spiro atoms. The smallest absolute Gasteiger partial charge is 0.200 e. The van der Waals surface area contributed by atoms with Crippen molar-refractivity contribution < 1.29 is 37.7 Å². The summed E-state index contributed by atoms with van der Waals surface area (Å²) in [5.41, 5.74) is 3.33. The Morgan fingerprint density at radius 2 is 1.27 bits per heavy atom. The lowest BCUT2D eigenvalue weighted by atomic mass is 10.0. The van der Waals surface area contributed by atoms with Crippen molar-refractivity contribution in [3.63, 3.8) is 0 Å². The maximum Gasteiger partial charge on any atom is 0.200 e. The number of rotatable bonds is 12. The molecule has 40 heavy (non-hydrogen) atoms. The maximum atomic E-state index is 12.1. The van der Waals surface area contributed by atoms with Gasteiger partial charge < -0.3 is 32.9 Å². The Hall–Kier alpha value is -3.33. The molecule has 2 aromatic heterocycles. The maximum absolute atomic E-state index is 12.1. The fourth-order valence-electron chi connectivity index (χ4n) is 4.17. The van der Waals surface area contributed by atoms with Crippen LogP contribution in [0, 0.1) is 25.7 Å². The molecule has 0 aliphatic heterocycles. The van der Waals surface area contributed by atoms with Crippen molar-refractivity contribution in [1.29, 1.82) is 0 Å². The van der Waals surface area contributed by atoms with E-state index in [-0.39, 0.29) is 17.6 Å². The van der Waals surface area contributed by atoms with Crippen molar-refractivity contribution in [2.24, 2.45) is 11.8 Å². The second-order valence-corrected chi connectivity index (χ2v) is 10.4. The quantitative estimate of drug-likeness (QED) is 0.147. The van der Waals surface area contributed by atoms with Gasteiger partial charge in [0.15, 0.2) is 5.76 Å². The summed E-state index contributed by atoms with van der Waals surface area (Å²) >= 11 is 0. The standard InChI is InChI=1S/C16H22O4.C16H20O4/c2*1-10(2)15(17)16-11(3)13-9-12(19-8-7-18-4)5-6-14(13)20-16/h5-6,9-10,15,17H,7-8H2,1-4H3;5-6,9-10H,7-8H2,1-4H3. The molecule has 2 heterocycles. The number of aryl methyl sites for hydroxylation is 2. The number of carbonyl (C=O) groups excluding carboxylic acids is 1. The summed E-state index contributed by atoms with van der Waals surface area (Å²) in [5, 5.41) is 12.1. The van der Waals surface area contributed by atoms with E-state index in [1.54, 1.807) is 14.2 Å². The van der Waals surface area contributed by atoms with E-state index in [1.165, 1.54) is 0 Å². The van der Waals surface area contributed by atoms with Gasteiger partial charge in [-0.25, -0.2) is 0 Å². The molecule has 8 heteroatoms. The molecule has 1 N–H and O–H groups in total. The summed E-state index contributed by atoms with van der Waals surface area (Å²) in [6, 6.07) is 11.3. The number of hydrogen-bond donors (Lipinski definition) is 1. The van der Waals surface area contributed by atoms with Gasteiger partial charge in [-0.3, -0.25) is 4.79 Å². The van der Waals surface area contributed by atoms with Gasteiger partial charge in [0.1, 0.15) is 47.7 Å². The number of methoxy groups -OCH3 is 2. The highest BCUT2D eigenvalue weighted by Crippen LogP contribution is 2.34. The predicted octanol–water partition coefficient (Wildman–Crippen LogP) is 7.06. The van der Waals surface area contributed by atoms with E-state index in [0.717, 1.165) is 39.0 Å². The van der Waals surface area contributed by atoms with Crippen LogP contribution >= 0.6 is 0 Å². The molecule has 0 aliphatic carbocycles. The first kappa shape index (κ1) is 31.2. The molecule has 1 atom stereocenters. The number of ether oxygens (including phenoxy) is 4. The number of ketones is 1. The molecule has 0 aliphatic rings. The molecule has 0 saturated heterocycles. The third-order valence-electron chi connectivity index (χ3n) is 6.61. The Morgan fingerprint density at radius 1 is 0.775 bits per heavy atom. The number of fused-ring (bicyclic) bond motifs is 2. The predicted molar refractivity (Wildman–Crippen MR) is 156 cm³/mol. The van der Waals surface area contributed by atoms with Crippen LogP contribution in [0.5, 0.6) is 11.5 Å². The third-order valence-corrected chi connectivity index (χ3v) is 6.61. The highest BCUT2D eigenvalue weighted by molar-refractivity contribution is 6.01. The lowest BCUT2D eigenvalue weighted by Crippen LogP contribution is -2.07. The zero-order chi connectivity index (χ0) is 29.4. The van der Waals surface area contributed by atoms with Crippen molar-refractivity contribution in [1.82, 2.24) is 0 Å². The molecule has 4 aromatic rings. The summed E-state index contributed by atoms with van der Waals surface area (Å²) in [6.07, 6.45) is -0.583. The minimum atomic E-state index is -0.583. The topological polar surface area (TPSA) is 101 Å². The van der Waals surface area contributed by atoms with E-state index in [1.807, 2.05) is 77.9 Å². The molecular formula is C32H42O8. The Morgan fingerprint density at radius 3 is 1.75 bits per heavy atom. The van der Waals surface area contributed by atoms with Gasteiger partial charge in [0.05, 0.1) is 13.2 Å². The number of aliphatic hydroxyl groups excluding tert-OH is 1. The third kappa shape index (κ3) is 7.44. The van der Waals surface area contributed by atoms with Crippen LogP contribution in [-0.4, -0.2) is 51.5 Å². The van der Waals surface area contributed by atoms with Gasteiger partial charge in [-0.2, -0.15) is 0 Å². The SMILES string of the molecule is COCCOc1ccc2oc(C(=O)C(C)C)c(C)c2c1.COCCOc1ccc2oc(C(O)C(C)C)c(C)c2c1. The second kappa shape index (κ2) is 14.3. The van der Waals surface area contributed by atoms with E-state index < -0.39 is 6.10 Å². The average Bonchev–Trinajstić information content (AvgIpc) is 3.44. The second-order valence-electron chi connectivity index (χ2n) is 10.4. The zero-order valence-corrected chi connectivity index (χ0v) is 24.8. The van der Waals surface area contributed by atoms with Crippen molar-refractivity contribution >= 4 is 27.7 Å². The Labute approximate surface area is 236 Å². The molecular weight excluding hydrogens is 512 g/mol. The molecule has 2 aromatic carbocycles. The van der Waals surface area contributed by atoms with E-state index in [0.29, 0.717) is 43.5 Å². The number of Topliss-reactive ketones (excluding diaryl/α,β-unsaturated/α-hetero) is 1. The first-order chi connectivity index (χ1) is 19.1. The first-order valence-corrected chi connectivity index (χ1v) is 13.6. The van der Waals surface area contributed by atoms with E-state index in [2.05, 4.69) is 0 Å². The monoisotopic (exact) mass is 554 g/mol. The number of aliphatic hydroxyl groups is 1. The number of furan rings is 2. The molecule has 0 fully saturated rings. The Bertz CT molecular complexity index is 1400. The van der Waals surface area contributed by atoms with E-state index in [4.69, 9.17) is 27.8 Å². The molecule has 0 amide bonds. The van der Waals surface area contributed by atoms with E-state index >= 15 is 0 Å². The van der Waals surface area contributed by atoms with Crippen LogP contribution in [-0.2, 0) is 9.47 Å². The van der Waals surface area contributed by atoms with Crippen molar-refractivity contribution in [2.45, 2.75) is 47.6 Å². The highest BCUT2D eigenvalue weighted by Gasteiger charge is 2.22. The number of benzene rings is 2. The van der Waals surface area contributed by atoms with Gasteiger partial charge in [-0.1, -0.05) is 27.7 Å². The number of carbonyl (C=O) groups is 1. The average molecular weight is 555 g/mol. The number of hydrogen-bond acceptors (Lipinski definition) is 8. The van der Waals surface area contributed by atoms with Gasteiger partial charge in [-0.15, -0.1) is 0 Å². The van der Waals surface area contributed by atoms with Crippen molar-refractivity contribution in [3.05, 3.63) is 59.0 Å². The molecule has 0 radical (unpaired) electrons. The van der Waals surface area contributed by atoms with Crippen LogP contribution in [0.15, 0.2) is 45.2 Å². The molecule has 4 rings (SSSR count). The van der Waals surface area contributed by atoms with Crippen LogP contribution in [0.2, 0.25) is 0 Å². The van der Waals surface area contributed by atoms with Gasteiger partial charge in [0.25, 0.3) is 0 Å². The van der Waals surface area contributed by atoms with Gasteiger partial charge in [0, 0.05) is 42.0 Å². The summed E-state index contributed by atoms with van der Waals surface area (Å²) in [6.45, 7) is 13.7. The van der Waals surface area contributed by atoms with Gasteiger partial charge in [0.2, 0.25) is 5.78 Å². The minimum Gasteiger partial charge on any atom is -0.491 e. The van der Waals surface area contributed by atoms with Gasteiger partial charge in [-0.05, 0) is 56.2 Å². The fraction of sp³-hybridized carbons (Fsp3) is 0.469. The molecule has 8 nitrogen and oxygen atoms in total. The lowest BCUT2D eigenvalue weighted by Gasteiger charge is -2.12. The van der Waals surface area contributed by atoms with Crippen LogP contribution in [0.3, 0.4) is 0 Å². The van der Waals surface area contributed by atoms with E-state index in [9.17, 15) is 9.90 Å². The summed E-state index contributed by atoms with van der Waals surface area (Å²) in [7, 11) is 3.28. The Balaban J connectivity index is 0.000000220. The molecule has 0 saturated carbocycles. The highest BCUT2D eigenvalue weighted by atomic mass is 16.5. The summed E-state index contributed by atoms with van der Waals surface area (Å²) < 4.78 is 32.5. The summed E-state index contributed by atoms with van der Waals surface area (Å²) in [5.74, 6) is 2.69. The van der Waals surface area contributed by atoms with Crippen LogP contribution < -0.4 is 9.47 Å². The summed E-state index contributed by atoms with van der Waals surface area (Å²) in [4.78, 5) is 12.1. The zero-order valence-electron chi connectivity index (χ0n) is 24.8. The largest absolute Gasteiger partial charge is 0.491 e. The minimum absolute atomic E-state index is 0.0283. The van der Waals surface area contributed by atoms with Gasteiger partial charge >= 0.3 is 0 Å². The molecule has 0 bridgehead atoms. The van der Waals surface area contributed by atoms with Crippen molar-refractivity contribution in [3.8, 4) is 11.5 Å². The fourth-order valence-corrected chi connectivity index (χ4v) is 4.17. The van der Waals surface area contributed by atoms with Crippen LogP contribution in [0.4, 0.5) is 0 Å².